The second-order valence-electron chi connectivity index (χ2n) is 33.0. The van der Waals surface area contributed by atoms with Crippen LogP contribution in [0.25, 0.3) is 62.7 Å². The maximum atomic E-state index is 12.3. The van der Waals surface area contributed by atoms with Gasteiger partial charge in [0.2, 0.25) is 0 Å². The summed E-state index contributed by atoms with van der Waals surface area (Å²) < 4.78 is 77.8. The summed E-state index contributed by atoms with van der Waals surface area (Å²) in [4.78, 5) is 98.6. The summed E-state index contributed by atoms with van der Waals surface area (Å²) in [5, 5.41) is 95.9. The molecule has 0 spiro atoms. The van der Waals surface area contributed by atoms with Crippen LogP contribution in [-0.2, 0) is 105 Å². The van der Waals surface area contributed by atoms with E-state index < -0.39 is 195 Å². The number of hydrogen-bond donors (Lipinski definition) is 12. The summed E-state index contributed by atoms with van der Waals surface area (Å²) in [5.74, 6) is -2.80. The number of aliphatic hydroxyl groups excluding tert-OH is 6. The predicted molar refractivity (Wildman–Crippen MR) is 485 cm³/mol. The van der Waals surface area contributed by atoms with Crippen molar-refractivity contribution in [3.05, 3.63) is 183 Å². The summed E-state index contributed by atoms with van der Waals surface area (Å²) in [6.45, 7) is 12.5. The normalized spacial score (nSPS) is 30.4. The number of nitrogens with two attached hydrogens (primary N) is 3. The molecule has 53 heteroatoms. The molecule has 15 N–H and O–H groups in total. The van der Waals surface area contributed by atoms with Gasteiger partial charge in [0.25, 0.3) is 0 Å². The zero-order valence-electron chi connectivity index (χ0n) is 79.4. The van der Waals surface area contributed by atoms with Gasteiger partial charge in [0.05, 0.1) is 97.3 Å². The van der Waals surface area contributed by atoms with Gasteiger partial charge in [0, 0.05) is 82.4 Å². The van der Waals surface area contributed by atoms with Crippen molar-refractivity contribution in [1.29, 1.82) is 0 Å². The van der Waals surface area contributed by atoms with Gasteiger partial charge in [-0.25, -0.2) is 14.4 Å². The van der Waals surface area contributed by atoms with E-state index >= 15 is 0 Å². The van der Waals surface area contributed by atoms with E-state index in [2.05, 4.69) is 76.1 Å². The van der Waals surface area contributed by atoms with Crippen LogP contribution in [0, 0.1) is 0 Å². The van der Waals surface area contributed by atoms with E-state index in [0.29, 0.717) is 38.5 Å². The molecule has 0 bridgehead atoms. The van der Waals surface area contributed by atoms with Crippen molar-refractivity contribution in [3.63, 3.8) is 0 Å². The van der Waals surface area contributed by atoms with E-state index in [4.69, 9.17) is 121 Å². The number of benzene rings is 3. The van der Waals surface area contributed by atoms with Crippen LogP contribution in [0.5, 0.6) is 0 Å². The van der Waals surface area contributed by atoms with Gasteiger partial charge in [-0.05, 0) is 180 Å². The molecule has 0 unspecified atom stereocenters. The monoisotopic (exact) mass is 1970 g/mol. The maximum absolute atomic E-state index is 12.3. The molecular weight excluding hydrogens is 1840 g/mol. The summed E-state index contributed by atoms with van der Waals surface area (Å²) in [5.41, 5.74) is 73.1. The molecule has 3 saturated heterocycles. The number of carbonyl (C=O) groups is 7. The molecule has 762 valence electrons. The Morgan fingerprint density at radius 3 is 1.10 bits per heavy atom. The van der Waals surface area contributed by atoms with Gasteiger partial charge in [-0.1, -0.05) is 122 Å². The molecule has 4 saturated carbocycles. The zero-order valence-corrected chi connectivity index (χ0v) is 81.4. The number of carbonyl (C=O) groups excluding carboxylic acids is 7. The van der Waals surface area contributed by atoms with Crippen molar-refractivity contribution in [2.24, 2.45) is 47.9 Å². The van der Waals surface area contributed by atoms with Gasteiger partial charge in [0.1, 0.15) is 68.7 Å². The number of hydrogen-bond acceptors (Lipinski definition) is 37. The molecule has 4 heterocycles. The van der Waals surface area contributed by atoms with Gasteiger partial charge < -0.3 is 135 Å². The molecule has 31 atom stereocenters. The SMILES string of the molecule is CC(=O)O[C@@H]1[C@@H](OC(C)=O)[C@H](N=[N+]=[N-])C[C@H](N=[N+]=[N-])[C@H]1O[C@@H]1CCC[C@@H]([C@@H](C)NC(=O)OCc2ccccc2)O1.CC(=O)O[C@@H]1[C@@H](OC(C)=O)[C@H](O)[C@@H](N=[N+]=[N-])C[C@H]1N=[N+]=[N-].CO.C[C@@H](N)[C@@H]1CCC[C@@H](O[C@H]2[C@H](O)[C@@H](O)[C@H](N)C[C@@H]2N)O1.C[C@@H](NC(=O)OCc1ccccc1)[C@@H]1CCC=CO1.C[C@@H](NC(=O)OCc1ccccc1)[C@@H]1CCC[C@@H](O[C@H]2[C@H](O)[C@@H](O)[C@H](N=[N+]=[N-])C[C@@H]2N=[N+]=[N-])O1.C[O-].[Na+]. The van der Waals surface area contributed by atoms with Gasteiger partial charge in [-0.15, -0.1) is 0 Å². The van der Waals surface area contributed by atoms with Crippen LogP contribution in [0.1, 0.15) is 168 Å². The third kappa shape index (κ3) is 41.1. The number of alkyl carbamates (subject to hydrolysis) is 3. The number of aliphatic hydroxyl groups is 6. The van der Waals surface area contributed by atoms with Crippen molar-refractivity contribution in [2.75, 3.05) is 14.2 Å². The average Bonchev–Trinajstić information content (AvgIpc) is 0.827. The Balaban J connectivity index is 0.000000370. The first-order chi connectivity index (χ1) is 66.2. The smallest absolute Gasteiger partial charge is 0.857 e. The van der Waals surface area contributed by atoms with E-state index in [9.17, 15) is 64.6 Å². The number of rotatable bonds is 29. The fraction of sp³-hybridized carbons (Fsp3) is 0.686. The Labute approximate surface area is 824 Å². The Kier molecular flexibility index (Phi) is 56.5. The number of nitrogens with one attached hydrogen (secondary N) is 3. The average molecular weight is 1970 g/mol. The van der Waals surface area contributed by atoms with Crippen LogP contribution in [-0.4, -0.2) is 276 Å². The van der Waals surface area contributed by atoms with Crippen molar-refractivity contribution in [2.45, 2.75) is 361 Å². The minimum atomic E-state index is -1.44. The Bertz CT molecular complexity index is 4550. The fourth-order valence-electron chi connectivity index (χ4n) is 16.1. The number of allylic oxidation sites excluding steroid dienone is 1. The fourth-order valence-corrected chi connectivity index (χ4v) is 16.1. The van der Waals surface area contributed by atoms with Crippen molar-refractivity contribution in [1.82, 2.24) is 16.0 Å². The van der Waals surface area contributed by atoms with E-state index in [-0.39, 0.29) is 105 Å². The first-order valence-electron chi connectivity index (χ1n) is 44.8. The van der Waals surface area contributed by atoms with Gasteiger partial charge in [-0.3, -0.25) is 19.2 Å². The second-order valence-corrected chi connectivity index (χ2v) is 33.0. The van der Waals surface area contributed by atoms with Crippen LogP contribution < -0.4 is 67.8 Å². The van der Waals surface area contributed by atoms with E-state index in [1.165, 1.54) is 13.8 Å². The number of amides is 3. The molecule has 8 aliphatic rings. The number of nitrogens with zero attached hydrogens (tertiary/aromatic N) is 18. The van der Waals surface area contributed by atoms with E-state index in [0.717, 1.165) is 83.3 Å². The first-order valence-corrected chi connectivity index (χ1v) is 44.8. The quantitative estimate of drug-likeness (QED) is 0.0106. The van der Waals surface area contributed by atoms with E-state index in [1.54, 1.807) is 20.1 Å². The van der Waals surface area contributed by atoms with Crippen LogP contribution >= 0.6 is 0 Å². The zero-order chi connectivity index (χ0) is 102. The third-order valence-electron chi connectivity index (χ3n) is 22.8. The standard InChI is InChI=1S/C25H33N7O8.C21H29N7O6.C15H19NO3.C13H27N3O4.C10H14N6O5.CH4O.CH3O.Na/c1-14(28-25(35)36-13-17-8-5-4-6-9-17)20-10-7-11-21(39-20)40-23-19(30-32-27)12-18(29-31-26)22(37-15(2)33)24(23)38-16(3)34;1-12(24-21(31)32-11-13-6-3-2-4-7-13)16-8-5-9-17(33-16)34-20-15(26-28-23)10-14(25-27-22)18(29)19(20)30;1-12(14-9-5-6-10-18-14)16-15(17)19-11-13-7-3-2-4-8-13;1-6(14)9-3-2-4-10(19-9)20-13-8(16)5-7(15)11(17)12(13)18;1-4(17)20-9-7(14-16-12)3-6(13-15-11)8(19)10(9)21-5(2)18;2*1-2;/h4-6,8-9,14,18-24H,7,10-13H2,1-3H3,(H,28,35);2-4,6-7,12,14-20,29-30H,5,8-11H2,1H3,(H,24,31);2-4,6-8,10,12,14H,5,9,11H2,1H3,(H,16,17);6-13,17-18H,2-5,14-16H2,1H3;6-10,19H,3H2,1-2H3;2H,1H3;1H3;/q;;;;;;-1;+1/t14-,18-,19+,20+,21-,22+,23-,24-;12-,14-,15+,16+,17-,18+,19-,20-;12-,14+;6-,7-,8+,9+,10-,11+,12-,13-;6-,7+,8+,9-,10-;;;/m11110.../s1. The van der Waals surface area contributed by atoms with Crippen molar-refractivity contribution >= 4 is 42.2 Å². The van der Waals surface area contributed by atoms with Gasteiger partial charge in [0.15, 0.2) is 31.1 Å². The van der Waals surface area contributed by atoms with Crippen LogP contribution in [0.3, 0.4) is 0 Å². The number of esters is 4. The summed E-state index contributed by atoms with van der Waals surface area (Å²) in [6, 6.07) is 20.7. The molecule has 3 aromatic carbocycles. The Morgan fingerprint density at radius 1 is 0.403 bits per heavy atom. The summed E-state index contributed by atoms with van der Waals surface area (Å²) in [6.07, 6.45) is -6.07. The first kappa shape index (κ1) is 120. The molecule has 11 rings (SSSR count). The number of ether oxygens (including phenoxy) is 14. The van der Waals surface area contributed by atoms with Gasteiger partial charge in [-0.2, -0.15) is 7.11 Å². The topological polar surface area (TPSA) is 800 Å². The second kappa shape index (κ2) is 65.2. The Morgan fingerprint density at radius 2 is 0.719 bits per heavy atom. The van der Waals surface area contributed by atoms with Gasteiger partial charge >= 0.3 is 71.7 Å². The predicted octanol–water partition coefficient (Wildman–Crippen LogP) is 5.22. The largest absolute Gasteiger partial charge is 1.00 e. The Hall–Kier alpha value is -10.9. The summed E-state index contributed by atoms with van der Waals surface area (Å²) >= 11 is 0. The molecule has 0 aromatic heterocycles. The maximum Gasteiger partial charge on any atom is 1.00 e. The molecule has 3 amide bonds. The molecule has 4 aliphatic carbocycles. The van der Waals surface area contributed by atoms with Crippen molar-refractivity contribution < 1.29 is 165 Å². The number of azide groups is 6. The molecule has 7 fully saturated rings. The third-order valence-corrected chi connectivity index (χ3v) is 22.8. The molecule has 3 aromatic rings. The van der Waals surface area contributed by atoms with Crippen molar-refractivity contribution in [3.8, 4) is 0 Å². The molecule has 139 heavy (non-hydrogen) atoms. The van der Waals surface area contributed by atoms with E-state index in [1.807, 2.05) is 111 Å². The molecular formula is C86H129N24NaO28. The molecule has 0 radical (unpaired) electrons. The van der Waals surface area contributed by atoms with Crippen LogP contribution in [0.2, 0.25) is 0 Å². The minimum absolute atomic E-state index is 0. The minimum Gasteiger partial charge on any atom is -0.857 e. The van der Waals surface area contributed by atoms with Crippen LogP contribution in [0.4, 0.5) is 14.4 Å². The summed E-state index contributed by atoms with van der Waals surface area (Å²) in [7, 11) is 1.75. The molecule has 52 nitrogen and oxygen atoms in total. The van der Waals surface area contributed by atoms with Crippen LogP contribution in [0.15, 0.2) is 134 Å². The molecule has 4 aliphatic heterocycles.